The Labute approximate surface area is 118 Å². The summed E-state index contributed by atoms with van der Waals surface area (Å²) in [6.45, 7) is 4.70. The van der Waals surface area contributed by atoms with E-state index in [0.29, 0.717) is 6.04 Å². The Balaban J connectivity index is 2.01. The van der Waals surface area contributed by atoms with Gasteiger partial charge in [0.1, 0.15) is 0 Å². The van der Waals surface area contributed by atoms with E-state index >= 15 is 0 Å². The van der Waals surface area contributed by atoms with Crippen LogP contribution in [-0.4, -0.2) is 6.04 Å². The van der Waals surface area contributed by atoms with Gasteiger partial charge in [0.05, 0.1) is 0 Å². The van der Waals surface area contributed by atoms with Crippen LogP contribution in [0.5, 0.6) is 0 Å². The first kappa shape index (κ1) is 14.6. The zero-order valence-electron chi connectivity index (χ0n) is 12.6. The molecule has 0 spiro atoms. The van der Waals surface area contributed by atoms with Crippen LogP contribution >= 0.6 is 0 Å². The Morgan fingerprint density at radius 2 is 1.89 bits per heavy atom. The average Bonchev–Trinajstić information content (AvgIpc) is 2.46. The lowest BCUT2D eigenvalue weighted by Gasteiger charge is -2.33. The van der Waals surface area contributed by atoms with Crippen molar-refractivity contribution < 1.29 is 0 Å². The van der Waals surface area contributed by atoms with E-state index in [1.165, 1.54) is 50.5 Å². The van der Waals surface area contributed by atoms with E-state index < -0.39 is 0 Å². The van der Waals surface area contributed by atoms with Crippen molar-refractivity contribution in [3.63, 3.8) is 0 Å². The molecule has 1 heteroatoms. The molecule has 1 fully saturated rings. The minimum atomic E-state index is 0.548. The third-order valence-electron chi connectivity index (χ3n) is 4.58. The minimum absolute atomic E-state index is 0.548. The summed E-state index contributed by atoms with van der Waals surface area (Å²) in [4.78, 5) is 0. The van der Waals surface area contributed by atoms with Gasteiger partial charge in [-0.2, -0.15) is 0 Å². The second-order valence-electron chi connectivity index (χ2n) is 6.14. The monoisotopic (exact) mass is 259 g/mol. The van der Waals surface area contributed by atoms with Gasteiger partial charge >= 0.3 is 0 Å². The standard InChI is InChI=1S/C18H29N/c1-3-4-13-18(16-11-6-5-7-12-16)19-17-14-9-8-10-15(17)2/h5-7,11-12,15,17-19H,3-4,8-10,13-14H2,1-2H3. The molecule has 1 N–H and O–H groups in total. The Kier molecular flexibility index (Phi) is 5.91. The van der Waals surface area contributed by atoms with Crippen LogP contribution in [0.1, 0.15) is 70.4 Å². The van der Waals surface area contributed by atoms with Gasteiger partial charge in [0.25, 0.3) is 0 Å². The van der Waals surface area contributed by atoms with E-state index in [9.17, 15) is 0 Å². The lowest BCUT2D eigenvalue weighted by Crippen LogP contribution is -2.39. The predicted octanol–water partition coefficient (Wildman–Crippen LogP) is 5.09. The van der Waals surface area contributed by atoms with E-state index in [0.717, 1.165) is 12.0 Å². The molecule has 0 radical (unpaired) electrons. The Hall–Kier alpha value is -0.820. The van der Waals surface area contributed by atoms with Crippen LogP contribution in [-0.2, 0) is 0 Å². The maximum absolute atomic E-state index is 3.96. The first-order valence-corrected chi connectivity index (χ1v) is 8.12. The van der Waals surface area contributed by atoms with E-state index in [1.54, 1.807) is 0 Å². The second-order valence-corrected chi connectivity index (χ2v) is 6.14. The van der Waals surface area contributed by atoms with Crippen molar-refractivity contribution in [2.75, 3.05) is 0 Å². The number of rotatable bonds is 6. The van der Waals surface area contributed by atoms with Crippen LogP contribution in [0.2, 0.25) is 0 Å². The maximum Gasteiger partial charge on any atom is 0.0322 e. The molecule has 0 bridgehead atoms. The summed E-state index contributed by atoms with van der Waals surface area (Å²) in [5.74, 6) is 0.835. The minimum Gasteiger partial charge on any atom is -0.307 e. The molecule has 2 rings (SSSR count). The molecule has 106 valence electrons. The van der Waals surface area contributed by atoms with E-state index in [-0.39, 0.29) is 0 Å². The largest absolute Gasteiger partial charge is 0.307 e. The highest BCUT2D eigenvalue weighted by Gasteiger charge is 2.24. The van der Waals surface area contributed by atoms with Crippen molar-refractivity contribution in [2.45, 2.75) is 70.9 Å². The summed E-state index contributed by atoms with van der Waals surface area (Å²) in [6.07, 6.45) is 9.44. The summed E-state index contributed by atoms with van der Waals surface area (Å²) in [5, 5.41) is 3.96. The van der Waals surface area contributed by atoms with Crippen LogP contribution in [0.15, 0.2) is 30.3 Å². The third-order valence-corrected chi connectivity index (χ3v) is 4.58. The molecule has 0 amide bonds. The first-order valence-electron chi connectivity index (χ1n) is 8.12. The highest BCUT2D eigenvalue weighted by atomic mass is 15.0. The highest BCUT2D eigenvalue weighted by molar-refractivity contribution is 5.19. The number of nitrogens with one attached hydrogen (secondary N) is 1. The molecule has 1 aliphatic carbocycles. The van der Waals surface area contributed by atoms with Crippen molar-refractivity contribution in [3.05, 3.63) is 35.9 Å². The quantitative estimate of drug-likeness (QED) is 0.750. The molecule has 1 nitrogen and oxygen atoms in total. The van der Waals surface area contributed by atoms with E-state index in [4.69, 9.17) is 0 Å². The number of benzene rings is 1. The summed E-state index contributed by atoms with van der Waals surface area (Å²) < 4.78 is 0. The van der Waals surface area contributed by atoms with Gasteiger partial charge in [0, 0.05) is 12.1 Å². The van der Waals surface area contributed by atoms with Crippen LogP contribution < -0.4 is 5.32 Å². The fourth-order valence-corrected chi connectivity index (χ4v) is 3.26. The molecule has 0 saturated heterocycles. The SMILES string of the molecule is CCCCC(NC1CCCCC1C)c1ccccc1. The lowest BCUT2D eigenvalue weighted by atomic mass is 9.85. The molecule has 1 aromatic carbocycles. The highest BCUT2D eigenvalue weighted by Crippen LogP contribution is 2.28. The van der Waals surface area contributed by atoms with E-state index in [2.05, 4.69) is 49.5 Å². The molecule has 3 atom stereocenters. The van der Waals surface area contributed by atoms with Crippen molar-refractivity contribution in [1.82, 2.24) is 5.32 Å². The van der Waals surface area contributed by atoms with E-state index in [1.807, 2.05) is 0 Å². The lowest BCUT2D eigenvalue weighted by molar-refractivity contribution is 0.253. The molecule has 1 saturated carbocycles. The van der Waals surface area contributed by atoms with Crippen molar-refractivity contribution >= 4 is 0 Å². The van der Waals surface area contributed by atoms with Crippen LogP contribution in [0.4, 0.5) is 0 Å². The molecule has 1 aromatic rings. The molecule has 3 unspecified atom stereocenters. The fraction of sp³-hybridized carbons (Fsp3) is 0.667. The molecule has 19 heavy (non-hydrogen) atoms. The molecule has 1 aliphatic rings. The number of hydrogen-bond donors (Lipinski definition) is 1. The average molecular weight is 259 g/mol. The third kappa shape index (κ3) is 4.35. The maximum atomic E-state index is 3.96. The topological polar surface area (TPSA) is 12.0 Å². The Morgan fingerprint density at radius 3 is 2.58 bits per heavy atom. The number of unbranched alkanes of at least 4 members (excludes halogenated alkanes) is 1. The molecule has 0 aromatic heterocycles. The van der Waals surface area contributed by atoms with Crippen LogP contribution in [0.25, 0.3) is 0 Å². The van der Waals surface area contributed by atoms with Crippen molar-refractivity contribution in [2.24, 2.45) is 5.92 Å². The van der Waals surface area contributed by atoms with Crippen molar-refractivity contribution in [1.29, 1.82) is 0 Å². The van der Waals surface area contributed by atoms with Gasteiger partial charge in [-0.25, -0.2) is 0 Å². The first-order chi connectivity index (χ1) is 9.31. The smallest absolute Gasteiger partial charge is 0.0322 e. The van der Waals surface area contributed by atoms with Crippen LogP contribution in [0.3, 0.4) is 0 Å². The summed E-state index contributed by atoms with van der Waals surface area (Å²) in [5.41, 5.74) is 1.47. The van der Waals surface area contributed by atoms with Crippen LogP contribution in [0, 0.1) is 5.92 Å². The Bertz CT molecular complexity index is 346. The van der Waals surface area contributed by atoms with Gasteiger partial charge in [-0.3, -0.25) is 0 Å². The van der Waals surface area contributed by atoms with Gasteiger partial charge in [0.15, 0.2) is 0 Å². The summed E-state index contributed by atoms with van der Waals surface area (Å²) >= 11 is 0. The summed E-state index contributed by atoms with van der Waals surface area (Å²) in [7, 11) is 0. The Morgan fingerprint density at radius 1 is 1.16 bits per heavy atom. The van der Waals surface area contributed by atoms with Gasteiger partial charge in [-0.15, -0.1) is 0 Å². The molecular weight excluding hydrogens is 230 g/mol. The molecule has 0 heterocycles. The predicted molar refractivity (Wildman–Crippen MR) is 83.3 cm³/mol. The molecule has 0 aliphatic heterocycles. The zero-order valence-corrected chi connectivity index (χ0v) is 12.6. The second kappa shape index (κ2) is 7.69. The van der Waals surface area contributed by atoms with Gasteiger partial charge < -0.3 is 5.32 Å². The van der Waals surface area contributed by atoms with Gasteiger partial charge in [0.2, 0.25) is 0 Å². The number of hydrogen-bond acceptors (Lipinski definition) is 1. The zero-order chi connectivity index (χ0) is 13.5. The fourth-order valence-electron chi connectivity index (χ4n) is 3.26. The van der Waals surface area contributed by atoms with Gasteiger partial charge in [-0.1, -0.05) is 69.9 Å². The summed E-state index contributed by atoms with van der Waals surface area (Å²) in [6, 6.07) is 12.3. The molecular formula is C18H29N. The normalized spacial score (nSPS) is 25.2. The van der Waals surface area contributed by atoms with Crippen molar-refractivity contribution in [3.8, 4) is 0 Å². The van der Waals surface area contributed by atoms with Gasteiger partial charge in [-0.05, 0) is 30.7 Å².